The van der Waals surface area contributed by atoms with Crippen LogP contribution in [0.2, 0.25) is 0 Å². The molecule has 0 heterocycles. The Hall–Kier alpha value is -0.940. The van der Waals surface area contributed by atoms with Gasteiger partial charge in [0.25, 0.3) is 0 Å². The number of ether oxygens (including phenoxy) is 3. The van der Waals surface area contributed by atoms with Gasteiger partial charge in [0.1, 0.15) is 0 Å². The highest BCUT2D eigenvalue weighted by Gasteiger charge is 2.13. The van der Waals surface area contributed by atoms with Crippen molar-refractivity contribution >= 4 is 15.9 Å². The van der Waals surface area contributed by atoms with Crippen molar-refractivity contribution in [3.8, 4) is 17.2 Å². The molecule has 0 saturated carbocycles. The number of hydrogen-bond acceptors (Lipinski definition) is 4. The Labute approximate surface area is 111 Å². The van der Waals surface area contributed by atoms with E-state index in [1.807, 2.05) is 19.2 Å². The summed E-state index contributed by atoms with van der Waals surface area (Å²) in [6.45, 7) is 0.808. The molecule has 0 N–H and O–H groups in total. The molecule has 0 saturated heterocycles. The predicted octanol–water partition coefficient (Wildman–Crippen LogP) is 2.50. The second-order valence-electron chi connectivity index (χ2n) is 3.67. The van der Waals surface area contributed by atoms with Crippen molar-refractivity contribution in [3.05, 3.63) is 17.7 Å². The highest BCUT2D eigenvalue weighted by atomic mass is 79.9. The number of methoxy groups -OCH3 is 3. The summed E-state index contributed by atoms with van der Waals surface area (Å²) < 4.78 is 15.9. The lowest BCUT2D eigenvalue weighted by molar-refractivity contribution is 0.321. The standard InChI is InChI=1S/C12H18BrNO3/c1-14(8-13)7-9-5-10(15-2)12(17-4)11(6-9)16-3/h5-6H,7-8H2,1-4H3. The first-order valence-electron chi connectivity index (χ1n) is 5.19. The monoisotopic (exact) mass is 303 g/mol. The van der Waals surface area contributed by atoms with Gasteiger partial charge in [0.05, 0.1) is 26.8 Å². The van der Waals surface area contributed by atoms with E-state index in [0.717, 1.165) is 17.6 Å². The number of hydrogen-bond donors (Lipinski definition) is 0. The zero-order chi connectivity index (χ0) is 12.8. The normalized spacial score (nSPS) is 10.5. The van der Waals surface area contributed by atoms with Gasteiger partial charge in [-0.2, -0.15) is 0 Å². The first kappa shape index (κ1) is 14.1. The highest BCUT2D eigenvalue weighted by Crippen LogP contribution is 2.38. The Bertz CT molecular complexity index is 346. The third-order valence-corrected chi connectivity index (χ3v) is 3.24. The molecule has 5 heteroatoms. The molecule has 0 amide bonds. The Balaban J connectivity index is 3.08. The third kappa shape index (κ3) is 3.51. The third-order valence-electron chi connectivity index (χ3n) is 2.38. The number of benzene rings is 1. The van der Waals surface area contributed by atoms with Crippen molar-refractivity contribution in [2.24, 2.45) is 0 Å². The molecule has 0 bridgehead atoms. The molecule has 1 aromatic carbocycles. The molecule has 96 valence electrons. The number of alkyl halides is 1. The van der Waals surface area contributed by atoms with Gasteiger partial charge in [-0.25, -0.2) is 0 Å². The summed E-state index contributed by atoms with van der Waals surface area (Å²) in [6, 6.07) is 3.92. The summed E-state index contributed by atoms with van der Waals surface area (Å²) >= 11 is 3.41. The van der Waals surface area contributed by atoms with E-state index in [9.17, 15) is 0 Å². The fraction of sp³-hybridized carbons (Fsp3) is 0.500. The molecule has 1 aromatic rings. The van der Waals surface area contributed by atoms with Crippen LogP contribution in [0.15, 0.2) is 12.1 Å². The van der Waals surface area contributed by atoms with Crippen LogP contribution in [0.1, 0.15) is 5.56 Å². The maximum absolute atomic E-state index is 5.30. The summed E-state index contributed by atoms with van der Waals surface area (Å²) in [5, 5.41) is 0. The van der Waals surface area contributed by atoms with Crippen LogP contribution in [0, 0.1) is 0 Å². The first-order valence-corrected chi connectivity index (χ1v) is 6.31. The van der Waals surface area contributed by atoms with Gasteiger partial charge >= 0.3 is 0 Å². The van der Waals surface area contributed by atoms with E-state index < -0.39 is 0 Å². The van der Waals surface area contributed by atoms with Crippen LogP contribution in [0.4, 0.5) is 0 Å². The molecule has 0 fully saturated rings. The van der Waals surface area contributed by atoms with Crippen molar-refractivity contribution in [1.29, 1.82) is 0 Å². The molecule has 0 aromatic heterocycles. The van der Waals surface area contributed by atoms with Crippen LogP contribution >= 0.6 is 15.9 Å². The van der Waals surface area contributed by atoms with E-state index in [1.165, 1.54) is 0 Å². The molecule has 1 rings (SSSR count). The Morgan fingerprint density at radius 1 is 1.06 bits per heavy atom. The summed E-state index contributed by atoms with van der Waals surface area (Å²) in [4.78, 5) is 2.13. The second kappa shape index (κ2) is 6.71. The van der Waals surface area contributed by atoms with Crippen molar-refractivity contribution < 1.29 is 14.2 Å². The average Bonchev–Trinajstić information content (AvgIpc) is 2.37. The molecule has 4 nitrogen and oxygen atoms in total. The second-order valence-corrected chi connectivity index (χ2v) is 4.17. The quantitative estimate of drug-likeness (QED) is 0.597. The minimum Gasteiger partial charge on any atom is -0.493 e. The van der Waals surface area contributed by atoms with Crippen LogP contribution in [0.5, 0.6) is 17.2 Å². The average molecular weight is 304 g/mol. The predicted molar refractivity (Wildman–Crippen MR) is 71.4 cm³/mol. The Morgan fingerprint density at radius 2 is 1.59 bits per heavy atom. The minimum atomic E-state index is 0.625. The molecule has 0 radical (unpaired) electrons. The van der Waals surface area contributed by atoms with Crippen LogP contribution < -0.4 is 14.2 Å². The van der Waals surface area contributed by atoms with Crippen LogP contribution in [-0.4, -0.2) is 38.7 Å². The Morgan fingerprint density at radius 3 is 1.94 bits per heavy atom. The lowest BCUT2D eigenvalue weighted by Gasteiger charge is -2.17. The number of rotatable bonds is 6. The summed E-state index contributed by atoms with van der Waals surface area (Å²) in [5.41, 5.74) is 1.92. The molecule has 0 aliphatic rings. The van der Waals surface area contributed by atoms with Crippen LogP contribution in [0.3, 0.4) is 0 Å². The maximum Gasteiger partial charge on any atom is 0.203 e. The fourth-order valence-electron chi connectivity index (χ4n) is 1.58. The van der Waals surface area contributed by atoms with E-state index >= 15 is 0 Å². The lowest BCUT2D eigenvalue weighted by Crippen LogP contribution is -2.15. The van der Waals surface area contributed by atoms with Gasteiger partial charge in [-0.05, 0) is 24.7 Å². The molecular formula is C12H18BrNO3. The SMILES string of the molecule is COc1cc(CN(C)CBr)cc(OC)c1OC. The van der Waals surface area contributed by atoms with E-state index in [-0.39, 0.29) is 0 Å². The largest absolute Gasteiger partial charge is 0.493 e. The van der Waals surface area contributed by atoms with Crippen molar-refractivity contribution in [2.45, 2.75) is 6.54 Å². The van der Waals surface area contributed by atoms with Gasteiger partial charge in [0.15, 0.2) is 11.5 Å². The minimum absolute atomic E-state index is 0.625. The van der Waals surface area contributed by atoms with E-state index in [2.05, 4.69) is 20.8 Å². The zero-order valence-electron chi connectivity index (χ0n) is 10.6. The van der Waals surface area contributed by atoms with E-state index in [0.29, 0.717) is 17.2 Å². The summed E-state index contributed by atoms with van der Waals surface area (Å²) in [6.07, 6.45) is 0. The Kier molecular flexibility index (Phi) is 5.58. The van der Waals surface area contributed by atoms with E-state index in [4.69, 9.17) is 14.2 Å². The molecule has 0 aliphatic heterocycles. The number of nitrogens with zero attached hydrogens (tertiary/aromatic N) is 1. The van der Waals surface area contributed by atoms with Gasteiger partial charge in [-0.3, -0.25) is 4.90 Å². The molecule has 0 spiro atoms. The zero-order valence-corrected chi connectivity index (χ0v) is 12.2. The lowest BCUT2D eigenvalue weighted by atomic mass is 10.1. The molecule has 0 atom stereocenters. The number of halogens is 1. The molecule has 0 aliphatic carbocycles. The van der Waals surface area contributed by atoms with Gasteiger partial charge in [-0.1, -0.05) is 15.9 Å². The van der Waals surface area contributed by atoms with Gasteiger partial charge in [0.2, 0.25) is 5.75 Å². The topological polar surface area (TPSA) is 30.9 Å². The van der Waals surface area contributed by atoms with Gasteiger partial charge in [0, 0.05) is 6.54 Å². The molecule has 17 heavy (non-hydrogen) atoms. The summed E-state index contributed by atoms with van der Waals surface area (Å²) in [7, 11) is 6.87. The smallest absolute Gasteiger partial charge is 0.203 e. The van der Waals surface area contributed by atoms with Crippen LogP contribution in [0.25, 0.3) is 0 Å². The van der Waals surface area contributed by atoms with Gasteiger partial charge in [-0.15, -0.1) is 0 Å². The molecular weight excluding hydrogens is 286 g/mol. The highest BCUT2D eigenvalue weighted by molar-refractivity contribution is 9.09. The maximum atomic E-state index is 5.30. The van der Waals surface area contributed by atoms with Crippen molar-refractivity contribution in [3.63, 3.8) is 0 Å². The van der Waals surface area contributed by atoms with Crippen LogP contribution in [-0.2, 0) is 6.54 Å². The van der Waals surface area contributed by atoms with Gasteiger partial charge < -0.3 is 14.2 Å². The molecule has 0 unspecified atom stereocenters. The fourth-order valence-corrected chi connectivity index (χ4v) is 1.76. The van der Waals surface area contributed by atoms with Crippen molar-refractivity contribution in [2.75, 3.05) is 33.8 Å². The summed E-state index contributed by atoms with van der Waals surface area (Å²) in [5.74, 6) is 2.00. The van der Waals surface area contributed by atoms with E-state index in [1.54, 1.807) is 21.3 Å². The van der Waals surface area contributed by atoms with Crippen molar-refractivity contribution in [1.82, 2.24) is 4.90 Å². The first-order chi connectivity index (χ1) is 8.15.